The lowest BCUT2D eigenvalue weighted by atomic mass is 10.3. The summed E-state index contributed by atoms with van der Waals surface area (Å²) in [7, 11) is 0.689. The Balaban J connectivity index is 3.56. The summed E-state index contributed by atoms with van der Waals surface area (Å²) in [4.78, 5) is 2.57. The number of alkyl halides is 2. The molecule has 1 aromatic heterocycles. The first kappa shape index (κ1) is 12.1. The van der Waals surface area contributed by atoms with Gasteiger partial charge in [0.15, 0.2) is 5.75 Å². The number of pyridine rings is 1. The smallest absolute Gasteiger partial charge is 0.284 e. The SMILES string of the molecule is Cc1cc(S(=O)(=O)Cl)c(O)c(C(F)F)n1. The monoisotopic (exact) mass is 257 g/mol. The summed E-state index contributed by atoms with van der Waals surface area (Å²) in [6.07, 6.45) is -3.07. The van der Waals surface area contributed by atoms with E-state index in [0.717, 1.165) is 6.07 Å². The zero-order valence-electron chi connectivity index (χ0n) is 7.41. The molecule has 0 atom stereocenters. The number of hydrogen-bond acceptors (Lipinski definition) is 4. The number of aryl methyl sites for hydroxylation is 1. The van der Waals surface area contributed by atoms with Gasteiger partial charge in [0.2, 0.25) is 0 Å². The quantitative estimate of drug-likeness (QED) is 0.823. The minimum Gasteiger partial charge on any atom is -0.505 e. The predicted molar refractivity (Wildman–Crippen MR) is 48.6 cm³/mol. The van der Waals surface area contributed by atoms with Crippen LogP contribution in [0, 0.1) is 6.92 Å². The zero-order valence-corrected chi connectivity index (χ0v) is 8.98. The lowest BCUT2D eigenvalue weighted by Gasteiger charge is -2.07. The highest BCUT2D eigenvalue weighted by molar-refractivity contribution is 8.13. The van der Waals surface area contributed by atoms with Crippen molar-refractivity contribution in [3.05, 3.63) is 17.5 Å². The Hall–Kier alpha value is -0.950. The van der Waals surface area contributed by atoms with Crippen LogP contribution in [0.5, 0.6) is 5.75 Å². The third-order valence-electron chi connectivity index (χ3n) is 1.58. The van der Waals surface area contributed by atoms with Gasteiger partial charge >= 0.3 is 0 Å². The molecule has 0 saturated heterocycles. The van der Waals surface area contributed by atoms with Crippen molar-refractivity contribution in [3.8, 4) is 5.75 Å². The molecule has 0 radical (unpaired) electrons. The van der Waals surface area contributed by atoms with E-state index >= 15 is 0 Å². The van der Waals surface area contributed by atoms with Gasteiger partial charge in [0.05, 0.1) is 0 Å². The molecule has 0 saturated carbocycles. The second-order valence-electron chi connectivity index (χ2n) is 2.73. The van der Waals surface area contributed by atoms with Gasteiger partial charge in [0, 0.05) is 16.4 Å². The fourth-order valence-electron chi connectivity index (χ4n) is 0.998. The van der Waals surface area contributed by atoms with Crippen LogP contribution < -0.4 is 0 Å². The highest BCUT2D eigenvalue weighted by atomic mass is 35.7. The first-order valence-corrected chi connectivity index (χ1v) is 5.97. The number of aromatic hydroxyl groups is 1. The molecular weight excluding hydrogens is 252 g/mol. The van der Waals surface area contributed by atoms with Crippen molar-refractivity contribution >= 4 is 19.7 Å². The minimum atomic E-state index is -4.26. The minimum absolute atomic E-state index is 0.0299. The van der Waals surface area contributed by atoms with Gasteiger partial charge in [-0.15, -0.1) is 0 Å². The molecule has 15 heavy (non-hydrogen) atoms. The molecule has 84 valence electrons. The van der Waals surface area contributed by atoms with Crippen LogP contribution >= 0.6 is 10.7 Å². The van der Waals surface area contributed by atoms with Crippen LogP contribution in [-0.2, 0) is 9.05 Å². The first-order chi connectivity index (χ1) is 6.73. The third-order valence-corrected chi connectivity index (χ3v) is 2.92. The van der Waals surface area contributed by atoms with Crippen molar-refractivity contribution < 1.29 is 22.3 Å². The van der Waals surface area contributed by atoms with E-state index in [9.17, 15) is 22.3 Å². The van der Waals surface area contributed by atoms with Crippen molar-refractivity contribution in [3.63, 3.8) is 0 Å². The Morgan fingerprint density at radius 3 is 2.47 bits per heavy atom. The van der Waals surface area contributed by atoms with E-state index in [-0.39, 0.29) is 5.69 Å². The second-order valence-corrected chi connectivity index (χ2v) is 5.27. The Kier molecular flexibility index (Phi) is 3.15. The van der Waals surface area contributed by atoms with E-state index in [4.69, 9.17) is 10.7 Å². The lowest BCUT2D eigenvalue weighted by molar-refractivity contribution is 0.141. The Labute approximate surface area is 88.9 Å². The number of aromatic nitrogens is 1. The first-order valence-electron chi connectivity index (χ1n) is 3.67. The molecule has 0 aromatic carbocycles. The number of hydrogen-bond donors (Lipinski definition) is 1. The van der Waals surface area contributed by atoms with Gasteiger partial charge in [0.1, 0.15) is 10.6 Å². The molecule has 0 fully saturated rings. The predicted octanol–water partition coefficient (Wildman–Crippen LogP) is 1.96. The zero-order chi connectivity index (χ0) is 11.8. The van der Waals surface area contributed by atoms with E-state index in [0.29, 0.717) is 0 Å². The van der Waals surface area contributed by atoms with Crippen LogP contribution in [0.15, 0.2) is 11.0 Å². The van der Waals surface area contributed by atoms with Crippen molar-refractivity contribution in [1.29, 1.82) is 0 Å². The summed E-state index contributed by atoms with van der Waals surface area (Å²) in [5, 5.41) is 9.21. The summed E-state index contributed by atoms with van der Waals surface area (Å²) in [6, 6.07) is 0.920. The van der Waals surface area contributed by atoms with Crippen LogP contribution in [0.3, 0.4) is 0 Å². The van der Waals surface area contributed by atoms with E-state index in [2.05, 4.69) is 4.98 Å². The molecule has 1 aromatic rings. The van der Waals surface area contributed by atoms with Gasteiger partial charge in [-0.2, -0.15) is 0 Å². The molecular formula is C7H6ClF2NO3S. The largest absolute Gasteiger partial charge is 0.505 e. The fraction of sp³-hybridized carbons (Fsp3) is 0.286. The molecule has 1 heterocycles. The van der Waals surface area contributed by atoms with Crippen LogP contribution in [0.2, 0.25) is 0 Å². The number of halogens is 3. The van der Waals surface area contributed by atoms with Crippen molar-refractivity contribution in [1.82, 2.24) is 4.98 Å². The van der Waals surface area contributed by atoms with E-state index in [1.54, 1.807) is 0 Å². The third kappa shape index (κ3) is 2.54. The molecule has 0 unspecified atom stereocenters. The maximum absolute atomic E-state index is 12.3. The summed E-state index contributed by atoms with van der Waals surface area (Å²) in [5.74, 6) is -1.11. The van der Waals surface area contributed by atoms with E-state index < -0.39 is 31.8 Å². The molecule has 0 amide bonds. The molecule has 1 rings (SSSR count). The van der Waals surface area contributed by atoms with Crippen molar-refractivity contribution in [2.75, 3.05) is 0 Å². The summed E-state index contributed by atoms with van der Waals surface area (Å²) >= 11 is 0. The molecule has 0 spiro atoms. The van der Waals surface area contributed by atoms with Gasteiger partial charge in [0.25, 0.3) is 15.5 Å². The van der Waals surface area contributed by atoms with Crippen LogP contribution in [0.4, 0.5) is 8.78 Å². The molecule has 0 aliphatic heterocycles. The maximum atomic E-state index is 12.3. The van der Waals surface area contributed by atoms with Gasteiger partial charge in [-0.05, 0) is 13.0 Å². The Bertz CT molecular complexity index is 489. The molecule has 1 N–H and O–H groups in total. The van der Waals surface area contributed by atoms with Crippen LogP contribution in [0.25, 0.3) is 0 Å². The summed E-state index contributed by atoms with van der Waals surface area (Å²) < 4.78 is 46.5. The standard InChI is InChI=1S/C7H6ClF2NO3S/c1-3-2-4(15(8,13)14)6(12)5(11-3)7(9)10/h2,7,12H,1H3. The topological polar surface area (TPSA) is 67.3 Å². The van der Waals surface area contributed by atoms with Gasteiger partial charge < -0.3 is 5.11 Å². The number of rotatable bonds is 2. The fourth-order valence-corrected chi connectivity index (χ4v) is 2.00. The summed E-state index contributed by atoms with van der Waals surface area (Å²) in [6.45, 7) is 1.32. The molecule has 0 bridgehead atoms. The van der Waals surface area contributed by atoms with Crippen LogP contribution in [0.1, 0.15) is 17.8 Å². The molecule has 4 nitrogen and oxygen atoms in total. The van der Waals surface area contributed by atoms with Gasteiger partial charge in [-0.3, -0.25) is 0 Å². The average molecular weight is 258 g/mol. The normalized spacial score (nSPS) is 12.1. The molecule has 8 heteroatoms. The molecule has 0 aliphatic carbocycles. The van der Waals surface area contributed by atoms with Crippen molar-refractivity contribution in [2.45, 2.75) is 18.2 Å². The van der Waals surface area contributed by atoms with Gasteiger partial charge in [-0.25, -0.2) is 22.2 Å². The van der Waals surface area contributed by atoms with E-state index in [1.807, 2.05) is 0 Å². The Morgan fingerprint density at radius 2 is 2.07 bits per heavy atom. The van der Waals surface area contributed by atoms with Crippen molar-refractivity contribution in [2.24, 2.45) is 0 Å². The second kappa shape index (κ2) is 3.90. The van der Waals surface area contributed by atoms with Crippen LogP contribution in [-0.4, -0.2) is 18.5 Å². The summed E-state index contributed by atoms with van der Waals surface area (Å²) in [5.41, 5.74) is -0.962. The maximum Gasteiger partial charge on any atom is 0.284 e. The van der Waals surface area contributed by atoms with Gasteiger partial charge in [-0.1, -0.05) is 0 Å². The Morgan fingerprint density at radius 1 is 1.53 bits per heavy atom. The molecule has 0 aliphatic rings. The lowest BCUT2D eigenvalue weighted by Crippen LogP contribution is -2.00. The highest BCUT2D eigenvalue weighted by Crippen LogP contribution is 2.34. The number of nitrogens with zero attached hydrogens (tertiary/aromatic N) is 1. The highest BCUT2D eigenvalue weighted by Gasteiger charge is 2.24. The average Bonchev–Trinajstić information content (AvgIpc) is 2.06. The van der Waals surface area contributed by atoms with E-state index in [1.165, 1.54) is 6.92 Å².